The monoisotopic (exact) mass is 292 g/mol. The highest BCUT2D eigenvalue weighted by Crippen LogP contribution is 2.33. The van der Waals surface area contributed by atoms with Gasteiger partial charge in [-0.3, -0.25) is 4.79 Å². The Labute approximate surface area is 117 Å². The van der Waals surface area contributed by atoms with Crippen LogP contribution in [0.15, 0.2) is 0 Å². The number of rotatable bonds is 5. The van der Waals surface area contributed by atoms with Gasteiger partial charge in [0.25, 0.3) is 0 Å². The van der Waals surface area contributed by atoms with Crippen LogP contribution in [0.5, 0.6) is 0 Å². The molecular formula is C14H23F3N2O. The molecule has 116 valence electrons. The molecule has 6 heteroatoms. The molecule has 0 atom stereocenters. The average molecular weight is 292 g/mol. The van der Waals surface area contributed by atoms with Gasteiger partial charge in [0.1, 0.15) is 0 Å². The van der Waals surface area contributed by atoms with Crippen LogP contribution in [0.25, 0.3) is 0 Å². The summed E-state index contributed by atoms with van der Waals surface area (Å²) < 4.78 is 37.2. The fourth-order valence-electron chi connectivity index (χ4n) is 2.86. The Balaban J connectivity index is 1.98. The molecule has 0 aromatic carbocycles. The Bertz CT molecular complexity index is 347. The highest BCUT2D eigenvalue weighted by atomic mass is 19.4. The van der Waals surface area contributed by atoms with Crippen LogP contribution < -0.4 is 5.73 Å². The largest absolute Gasteiger partial charge is 0.390 e. The van der Waals surface area contributed by atoms with Crippen LogP contribution in [-0.4, -0.2) is 35.6 Å². The fraction of sp³-hybridized carbons (Fsp3) is 0.929. The summed E-state index contributed by atoms with van der Waals surface area (Å²) in [4.78, 5) is 13.9. The van der Waals surface area contributed by atoms with Gasteiger partial charge in [-0.15, -0.1) is 0 Å². The standard InChI is InChI=1S/C14H23F3N2O/c15-14(16,17)8-9-19(10-11-4-5-11)12(20)13(18)6-2-1-3-7-13/h11H,1-10,18H2. The summed E-state index contributed by atoms with van der Waals surface area (Å²) in [6, 6.07) is 0. The van der Waals surface area contributed by atoms with E-state index in [2.05, 4.69) is 0 Å². The van der Waals surface area contributed by atoms with Gasteiger partial charge in [-0.25, -0.2) is 0 Å². The maximum absolute atomic E-state index is 12.5. The number of amides is 1. The average Bonchev–Trinajstić information content (AvgIpc) is 3.17. The molecule has 0 saturated heterocycles. The summed E-state index contributed by atoms with van der Waals surface area (Å²) in [6.45, 7) is 0.186. The number of nitrogens with zero attached hydrogens (tertiary/aromatic N) is 1. The molecule has 3 nitrogen and oxygen atoms in total. The van der Waals surface area contributed by atoms with Crippen molar-refractivity contribution < 1.29 is 18.0 Å². The third kappa shape index (κ3) is 4.36. The molecular weight excluding hydrogens is 269 g/mol. The first-order chi connectivity index (χ1) is 9.30. The van der Waals surface area contributed by atoms with E-state index in [1.807, 2.05) is 0 Å². The number of hydrogen-bond acceptors (Lipinski definition) is 2. The van der Waals surface area contributed by atoms with E-state index in [0.29, 0.717) is 25.3 Å². The van der Waals surface area contributed by atoms with Crippen molar-refractivity contribution in [1.82, 2.24) is 4.90 Å². The molecule has 20 heavy (non-hydrogen) atoms. The van der Waals surface area contributed by atoms with Crippen molar-refractivity contribution in [3.63, 3.8) is 0 Å². The molecule has 2 aliphatic carbocycles. The second-order valence-corrected chi connectivity index (χ2v) is 6.28. The lowest BCUT2D eigenvalue weighted by atomic mass is 9.81. The van der Waals surface area contributed by atoms with Gasteiger partial charge in [0.2, 0.25) is 5.91 Å². The molecule has 0 aromatic heterocycles. The normalized spacial score (nSPS) is 22.6. The summed E-state index contributed by atoms with van der Waals surface area (Å²) in [5.74, 6) is 0.104. The van der Waals surface area contributed by atoms with Gasteiger partial charge < -0.3 is 10.6 Å². The second-order valence-electron chi connectivity index (χ2n) is 6.28. The molecule has 2 N–H and O–H groups in total. The molecule has 2 aliphatic rings. The molecule has 2 rings (SSSR count). The summed E-state index contributed by atoms with van der Waals surface area (Å²) in [5.41, 5.74) is 5.23. The van der Waals surface area contributed by atoms with Crippen LogP contribution in [0.2, 0.25) is 0 Å². The minimum Gasteiger partial charge on any atom is -0.340 e. The second kappa shape index (κ2) is 5.92. The molecule has 0 aromatic rings. The van der Waals surface area contributed by atoms with Gasteiger partial charge in [0, 0.05) is 13.1 Å². The number of carbonyl (C=O) groups is 1. The summed E-state index contributed by atoms with van der Waals surface area (Å²) >= 11 is 0. The highest BCUT2D eigenvalue weighted by Gasteiger charge is 2.41. The Kier molecular flexibility index (Phi) is 4.62. The molecule has 1 amide bonds. The molecule has 0 spiro atoms. The smallest absolute Gasteiger partial charge is 0.340 e. The summed E-state index contributed by atoms with van der Waals surface area (Å²) in [5, 5.41) is 0. The third-order valence-corrected chi connectivity index (χ3v) is 4.30. The fourth-order valence-corrected chi connectivity index (χ4v) is 2.86. The zero-order chi connectivity index (χ0) is 14.8. The Morgan fingerprint density at radius 1 is 1.20 bits per heavy atom. The molecule has 2 saturated carbocycles. The van der Waals surface area contributed by atoms with Gasteiger partial charge in [0.15, 0.2) is 0 Å². The topological polar surface area (TPSA) is 46.3 Å². The van der Waals surface area contributed by atoms with E-state index in [9.17, 15) is 18.0 Å². The zero-order valence-corrected chi connectivity index (χ0v) is 11.7. The predicted molar refractivity (Wildman–Crippen MR) is 70.0 cm³/mol. The molecule has 0 bridgehead atoms. The van der Waals surface area contributed by atoms with Crippen LogP contribution >= 0.6 is 0 Å². The summed E-state index contributed by atoms with van der Waals surface area (Å²) in [6.07, 6.45) is 0.867. The van der Waals surface area contributed by atoms with Gasteiger partial charge in [0.05, 0.1) is 12.0 Å². The SMILES string of the molecule is NC1(C(=O)N(CCC(F)(F)F)CC2CC2)CCCCC1. The first kappa shape index (κ1) is 15.6. The lowest BCUT2D eigenvalue weighted by Gasteiger charge is -2.37. The first-order valence-electron chi connectivity index (χ1n) is 7.45. The molecule has 0 aliphatic heterocycles. The zero-order valence-electron chi connectivity index (χ0n) is 11.7. The van der Waals surface area contributed by atoms with Crippen molar-refractivity contribution in [3.05, 3.63) is 0 Å². The number of carbonyl (C=O) groups excluding carboxylic acids is 1. The Hall–Kier alpha value is -0.780. The van der Waals surface area contributed by atoms with E-state index in [1.165, 1.54) is 4.90 Å². The van der Waals surface area contributed by atoms with Crippen molar-refractivity contribution in [2.45, 2.75) is 63.1 Å². The molecule has 2 fully saturated rings. The van der Waals surface area contributed by atoms with E-state index in [-0.39, 0.29) is 12.5 Å². The highest BCUT2D eigenvalue weighted by molar-refractivity contribution is 5.86. The Morgan fingerprint density at radius 3 is 2.30 bits per heavy atom. The number of halogens is 3. The van der Waals surface area contributed by atoms with Crippen LogP contribution in [-0.2, 0) is 4.79 Å². The Morgan fingerprint density at radius 2 is 1.80 bits per heavy atom. The van der Waals surface area contributed by atoms with Gasteiger partial charge in [-0.05, 0) is 31.6 Å². The number of hydrogen-bond donors (Lipinski definition) is 1. The van der Waals surface area contributed by atoms with Crippen LogP contribution in [0.1, 0.15) is 51.4 Å². The number of alkyl halides is 3. The van der Waals surface area contributed by atoms with Crippen molar-refractivity contribution >= 4 is 5.91 Å². The maximum Gasteiger partial charge on any atom is 0.390 e. The minimum atomic E-state index is -4.23. The molecule has 0 heterocycles. The van der Waals surface area contributed by atoms with E-state index in [1.54, 1.807) is 0 Å². The van der Waals surface area contributed by atoms with E-state index >= 15 is 0 Å². The van der Waals surface area contributed by atoms with Crippen LogP contribution in [0, 0.1) is 5.92 Å². The first-order valence-corrected chi connectivity index (χ1v) is 7.45. The van der Waals surface area contributed by atoms with E-state index in [0.717, 1.165) is 32.1 Å². The van der Waals surface area contributed by atoms with Crippen LogP contribution in [0.3, 0.4) is 0 Å². The predicted octanol–water partition coefficient (Wildman–Crippen LogP) is 2.84. The molecule has 0 unspecified atom stereocenters. The van der Waals surface area contributed by atoms with Crippen molar-refractivity contribution in [2.24, 2.45) is 11.7 Å². The summed E-state index contributed by atoms with van der Waals surface area (Å²) in [7, 11) is 0. The van der Waals surface area contributed by atoms with Crippen molar-refractivity contribution in [2.75, 3.05) is 13.1 Å². The van der Waals surface area contributed by atoms with Gasteiger partial charge in [-0.1, -0.05) is 19.3 Å². The minimum absolute atomic E-state index is 0.252. The lowest BCUT2D eigenvalue weighted by molar-refractivity contribution is -0.149. The number of nitrogens with two attached hydrogens (primary N) is 1. The maximum atomic E-state index is 12.5. The molecule has 0 radical (unpaired) electrons. The quantitative estimate of drug-likeness (QED) is 0.847. The van der Waals surface area contributed by atoms with Gasteiger partial charge in [-0.2, -0.15) is 13.2 Å². The van der Waals surface area contributed by atoms with E-state index < -0.39 is 18.1 Å². The lowest BCUT2D eigenvalue weighted by Crippen LogP contribution is -2.57. The van der Waals surface area contributed by atoms with Crippen molar-refractivity contribution in [3.8, 4) is 0 Å². The van der Waals surface area contributed by atoms with Crippen molar-refractivity contribution in [1.29, 1.82) is 0 Å². The van der Waals surface area contributed by atoms with E-state index in [4.69, 9.17) is 5.73 Å². The third-order valence-electron chi connectivity index (χ3n) is 4.30. The van der Waals surface area contributed by atoms with Gasteiger partial charge >= 0.3 is 6.18 Å². The van der Waals surface area contributed by atoms with Crippen LogP contribution in [0.4, 0.5) is 13.2 Å².